The maximum atomic E-state index is 15.4. The predicted molar refractivity (Wildman–Crippen MR) is 183 cm³/mol. The SMILES string of the molecule is Cc1ccc(C2=C(c3cc(F)c(CS(=O)(=O)Cc4cc(F)c(C5=C(c6ccc(C)c(Cl)c6)CC=C5)cc4F)cc3F)C=CC2)cc1Cl. The number of hydrogen-bond acceptors (Lipinski definition) is 2. The Balaban J connectivity index is 1.26. The van der Waals surface area contributed by atoms with Gasteiger partial charge in [-0.05, 0) is 108 Å². The lowest BCUT2D eigenvalue weighted by molar-refractivity contribution is 0.570. The maximum Gasteiger partial charge on any atom is 0.158 e. The van der Waals surface area contributed by atoms with Crippen LogP contribution in [0.4, 0.5) is 17.6 Å². The number of halogens is 6. The Morgan fingerprint density at radius 2 is 1.00 bits per heavy atom. The quantitative estimate of drug-likeness (QED) is 0.172. The monoisotopic (exact) mass is 694 g/mol. The maximum absolute atomic E-state index is 15.4. The Kier molecular flexibility index (Phi) is 9.09. The third-order valence-corrected chi connectivity index (χ3v) is 10.8. The number of aryl methyl sites for hydroxylation is 2. The van der Waals surface area contributed by atoms with Gasteiger partial charge in [-0.3, -0.25) is 0 Å². The first kappa shape index (κ1) is 33.0. The molecule has 0 amide bonds. The fraction of sp³-hybridized carbons (Fsp3) is 0.158. The molecular formula is C38H28Cl2F4O2S. The Morgan fingerprint density at radius 3 is 1.38 bits per heavy atom. The Morgan fingerprint density at radius 1 is 0.596 bits per heavy atom. The molecule has 0 radical (unpaired) electrons. The summed E-state index contributed by atoms with van der Waals surface area (Å²) in [5.41, 5.74) is 4.89. The molecule has 0 saturated carbocycles. The minimum atomic E-state index is -4.25. The molecule has 4 aromatic rings. The van der Waals surface area contributed by atoms with E-state index in [0.717, 1.165) is 57.7 Å². The molecule has 47 heavy (non-hydrogen) atoms. The Bertz CT molecular complexity index is 2050. The summed E-state index contributed by atoms with van der Waals surface area (Å²) in [5, 5.41) is 1.09. The molecule has 6 rings (SSSR count). The van der Waals surface area contributed by atoms with Gasteiger partial charge in [0.2, 0.25) is 0 Å². The van der Waals surface area contributed by atoms with Crippen LogP contribution in [-0.4, -0.2) is 8.42 Å². The molecule has 9 heteroatoms. The molecule has 0 N–H and O–H groups in total. The third-order valence-electron chi connectivity index (χ3n) is 8.51. The molecule has 0 aliphatic heterocycles. The molecule has 0 saturated heterocycles. The summed E-state index contributed by atoms with van der Waals surface area (Å²) in [6.07, 6.45) is 8.00. The molecule has 0 heterocycles. The molecule has 0 unspecified atom stereocenters. The highest BCUT2D eigenvalue weighted by Gasteiger charge is 2.25. The van der Waals surface area contributed by atoms with Crippen LogP contribution in [0, 0.1) is 37.1 Å². The Labute approximate surface area is 281 Å². The summed E-state index contributed by atoms with van der Waals surface area (Å²) in [7, 11) is -4.25. The fourth-order valence-corrected chi connectivity index (χ4v) is 7.81. The van der Waals surface area contributed by atoms with Gasteiger partial charge in [0.15, 0.2) is 9.84 Å². The molecule has 4 aromatic carbocycles. The van der Waals surface area contributed by atoms with Gasteiger partial charge in [-0.1, -0.05) is 71.8 Å². The van der Waals surface area contributed by atoms with Crippen LogP contribution in [-0.2, 0) is 21.3 Å². The van der Waals surface area contributed by atoms with E-state index >= 15 is 17.6 Å². The largest absolute Gasteiger partial charge is 0.228 e. The van der Waals surface area contributed by atoms with E-state index in [4.69, 9.17) is 23.2 Å². The van der Waals surface area contributed by atoms with E-state index in [1.54, 1.807) is 24.3 Å². The van der Waals surface area contributed by atoms with Crippen LogP contribution in [0.1, 0.15) is 57.3 Å². The molecule has 240 valence electrons. The van der Waals surface area contributed by atoms with Gasteiger partial charge in [0.25, 0.3) is 0 Å². The predicted octanol–water partition coefficient (Wildman–Crippen LogP) is 11.0. The molecule has 0 atom stereocenters. The van der Waals surface area contributed by atoms with Crippen molar-refractivity contribution in [1.29, 1.82) is 0 Å². The smallest absolute Gasteiger partial charge is 0.158 e. The van der Waals surface area contributed by atoms with Gasteiger partial charge in [0, 0.05) is 32.3 Å². The highest BCUT2D eigenvalue weighted by Crippen LogP contribution is 2.40. The molecule has 0 aromatic heterocycles. The molecule has 0 bridgehead atoms. The first-order valence-electron chi connectivity index (χ1n) is 14.8. The molecular weight excluding hydrogens is 667 g/mol. The zero-order valence-electron chi connectivity index (χ0n) is 25.4. The zero-order chi connectivity index (χ0) is 33.6. The number of rotatable bonds is 8. The van der Waals surface area contributed by atoms with Crippen LogP contribution in [0.25, 0.3) is 22.3 Å². The summed E-state index contributed by atoms with van der Waals surface area (Å²) < 4.78 is 87.8. The molecule has 0 fully saturated rings. The highest BCUT2D eigenvalue weighted by atomic mass is 35.5. The Hall–Kier alpha value is -3.91. The lowest BCUT2D eigenvalue weighted by Crippen LogP contribution is -2.11. The second kappa shape index (κ2) is 12.9. The van der Waals surface area contributed by atoms with Gasteiger partial charge in [-0.15, -0.1) is 0 Å². The average Bonchev–Trinajstić information content (AvgIpc) is 3.70. The number of sulfone groups is 1. The van der Waals surface area contributed by atoms with Gasteiger partial charge in [0.05, 0.1) is 11.5 Å². The number of allylic oxidation sites excluding steroid dienone is 8. The van der Waals surface area contributed by atoms with E-state index in [1.165, 1.54) is 0 Å². The second-order valence-corrected chi connectivity index (χ2v) is 14.7. The third kappa shape index (κ3) is 6.75. The summed E-state index contributed by atoms with van der Waals surface area (Å²) >= 11 is 12.6. The van der Waals surface area contributed by atoms with Gasteiger partial charge < -0.3 is 0 Å². The van der Waals surface area contributed by atoms with Crippen molar-refractivity contribution in [2.75, 3.05) is 0 Å². The van der Waals surface area contributed by atoms with Crippen LogP contribution in [0.2, 0.25) is 10.0 Å². The van der Waals surface area contributed by atoms with Crippen molar-refractivity contribution in [2.45, 2.75) is 38.2 Å². The van der Waals surface area contributed by atoms with Gasteiger partial charge >= 0.3 is 0 Å². The molecule has 2 nitrogen and oxygen atoms in total. The number of hydrogen-bond donors (Lipinski definition) is 0. The van der Waals surface area contributed by atoms with Crippen molar-refractivity contribution >= 4 is 55.3 Å². The van der Waals surface area contributed by atoms with Crippen LogP contribution < -0.4 is 0 Å². The summed E-state index contributed by atoms with van der Waals surface area (Å²) in [5.74, 6) is -5.27. The molecule has 2 aliphatic rings. The van der Waals surface area contributed by atoms with Crippen LogP contribution in [0.3, 0.4) is 0 Å². The van der Waals surface area contributed by atoms with Gasteiger partial charge in [-0.25, -0.2) is 26.0 Å². The van der Waals surface area contributed by atoms with Crippen LogP contribution in [0.5, 0.6) is 0 Å². The van der Waals surface area contributed by atoms with E-state index in [0.29, 0.717) is 34.0 Å². The van der Waals surface area contributed by atoms with Crippen molar-refractivity contribution < 1.29 is 26.0 Å². The average molecular weight is 696 g/mol. The van der Waals surface area contributed by atoms with E-state index in [9.17, 15) is 8.42 Å². The lowest BCUT2D eigenvalue weighted by Gasteiger charge is -2.14. The second-order valence-electron chi connectivity index (χ2n) is 11.8. The summed E-state index contributed by atoms with van der Waals surface area (Å²) in [6.45, 7) is 3.72. The fourth-order valence-electron chi connectivity index (χ4n) is 5.96. The van der Waals surface area contributed by atoms with Crippen molar-refractivity contribution in [3.63, 3.8) is 0 Å². The van der Waals surface area contributed by atoms with Crippen molar-refractivity contribution in [3.8, 4) is 0 Å². The number of benzene rings is 4. The van der Waals surface area contributed by atoms with Gasteiger partial charge in [-0.2, -0.15) is 0 Å². The zero-order valence-corrected chi connectivity index (χ0v) is 27.7. The normalized spacial score (nSPS) is 14.6. The van der Waals surface area contributed by atoms with E-state index in [2.05, 4.69) is 0 Å². The van der Waals surface area contributed by atoms with Crippen molar-refractivity contribution in [3.05, 3.63) is 163 Å². The van der Waals surface area contributed by atoms with Gasteiger partial charge in [0.1, 0.15) is 23.3 Å². The van der Waals surface area contributed by atoms with E-state index < -0.39 is 55.7 Å². The minimum Gasteiger partial charge on any atom is -0.228 e. The standard InChI is InChI=1S/C38H28Cl2F4O2S/c1-21-9-11-23(13-33(21)39)27-5-3-7-29(27)31-17-35(41)25(15-37(31)43)19-47(45,46)20-26-16-38(44)32(18-36(26)42)30-8-4-6-28(30)24-12-10-22(2)34(40)14-24/h3-4,7-18H,5-6,19-20H2,1-2H3. The van der Waals surface area contributed by atoms with E-state index in [-0.39, 0.29) is 11.1 Å². The van der Waals surface area contributed by atoms with Crippen molar-refractivity contribution in [1.82, 2.24) is 0 Å². The molecule has 0 spiro atoms. The van der Waals surface area contributed by atoms with Crippen LogP contribution >= 0.6 is 23.2 Å². The van der Waals surface area contributed by atoms with Crippen LogP contribution in [0.15, 0.2) is 85.0 Å². The van der Waals surface area contributed by atoms with E-state index in [1.807, 2.05) is 50.3 Å². The first-order valence-corrected chi connectivity index (χ1v) is 17.4. The molecule has 2 aliphatic carbocycles. The topological polar surface area (TPSA) is 34.1 Å². The minimum absolute atomic E-state index is 0.0182. The summed E-state index contributed by atoms with van der Waals surface area (Å²) in [6, 6.07) is 14.6. The lowest BCUT2D eigenvalue weighted by atomic mass is 9.95. The highest BCUT2D eigenvalue weighted by molar-refractivity contribution is 7.89. The van der Waals surface area contributed by atoms with Crippen molar-refractivity contribution in [2.24, 2.45) is 0 Å². The first-order chi connectivity index (χ1) is 22.3. The summed E-state index contributed by atoms with van der Waals surface area (Å²) in [4.78, 5) is 0.